The number of rotatable bonds is 9. The average Bonchev–Trinajstić information content (AvgIpc) is 2.57. The van der Waals surface area contributed by atoms with E-state index in [-0.39, 0.29) is 11.3 Å². The molecule has 0 saturated heterocycles. The molecule has 0 fully saturated rings. The first-order valence-corrected chi connectivity index (χ1v) is 9.05. The highest BCUT2D eigenvalue weighted by atomic mass is 32.2. The molecule has 0 bridgehead atoms. The molecule has 28 heavy (non-hydrogen) atoms. The second-order valence-electron chi connectivity index (χ2n) is 5.61. The van der Waals surface area contributed by atoms with Crippen LogP contribution in [0.1, 0.15) is 10.4 Å². The van der Waals surface area contributed by atoms with Gasteiger partial charge in [0.1, 0.15) is 11.5 Å². The topological polar surface area (TPSA) is 111 Å². The summed E-state index contributed by atoms with van der Waals surface area (Å²) in [5, 5.41) is 2.53. The summed E-state index contributed by atoms with van der Waals surface area (Å²) >= 11 is 0. The van der Waals surface area contributed by atoms with Crippen LogP contribution in [0.4, 0.5) is 13.2 Å². The van der Waals surface area contributed by atoms with Gasteiger partial charge in [-0.15, -0.1) is 0 Å². The van der Waals surface area contributed by atoms with Crippen molar-refractivity contribution in [2.45, 2.75) is 5.51 Å². The number of likely N-dealkylation sites (N-methyl/N-ethyl adjacent to an activating group) is 1. The van der Waals surface area contributed by atoms with Crippen LogP contribution < -0.4 is 14.2 Å². The summed E-state index contributed by atoms with van der Waals surface area (Å²) in [4.78, 5) is 25.2. The zero-order chi connectivity index (χ0) is 21.5. The van der Waals surface area contributed by atoms with Crippen molar-refractivity contribution in [2.24, 2.45) is 0 Å². The van der Waals surface area contributed by atoms with Crippen molar-refractivity contribution in [3.8, 4) is 11.5 Å². The van der Waals surface area contributed by atoms with Gasteiger partial charge in [0.2, 0.25) is 0 Å². The fraction of sp³-hybridized carbons (Fsp3) is 0.467. The molecule has 1 aromatic carbocycles. The number of carbonyl (C=O) groups excluding carboxylic acids is 2. The van der Waals surface area contributed by atoms with E-state index in [1.54, 1.807) is 14.1 Å². The van der Waals surface area contributed by atoms with Gasteiger partial charge in [-0.05, 0) is 26.2 Å². The van der Waals surface area contributed by atoms with Crippen molar-refractivity contribution in [1.82, 2.24) is 10.2 Å². The minimum Gasteiger partial charge on any atom is -0.484 e. The Morgan fingerprint density at radius 1 is 1.14 bits per heavy atom. The molecule has 1 rings (SSSR count). The lowest BCUT2D eigenvalue weighted by atomic mass is 10.2. The van der Waals surface area contributed by atoms with E-state index in [0.717, 1.165) is 25.3 Å². The molecule has 158 valence electrons. The Hall–Kier alpha value is -2.54. The molecule has 0 unspecified atom stereocenters. The average molecular weight is 428 g/mol. The Labute approximate surface area is 159 Å². The molecular weight excluding hydrogens is 409 g/mol. The van der Waals surface area contributed by atoms with Gasteiger partial charge >= 0.3 is 21.6 Å². The second kappa shape index (κ2) is 9.59. The number of hydrogen-bond donors (Lipinski definition) is 1. The first-order valence-electron chi connectivity index (χ1n) is 7.64. The molecule has 0 aliphatic rings. The maximum atomic E-state index is 12.5. The van der Waals surface area contributed by atoms with Gasteiger partial charge in [0.25, 0.3) is 5.91 Å². The standard InChI is InChI=1S/C15H19F3N2O7S/c1-20(2)5-4-19-13(21)9-26-11-6-10(14(22)25-3)7-12(8-11)27-28(23,24)15(16,17)18/h6-8H,4-5,9H2,1-3H3,(H,19,21). The maximum Gasteiger partial charge on any atom is 0.534 e. The maximum absolute atomic E-state index is 12.5. The van der Waals surface area contributed by atoms with E-state index in [9.17, 15) is 31.2 Å². The number of ether oxygens (including phenoxy) is 2. The third-order valence-electron chi connectivity index (χ3n) is 3.04. The molecule has 0 aliphatic carbocycles. The van der Waals surface area contributed by atoms with Crippen LogP contribution in [0.15, 0.2) is 18.2 Å². The number of methoxy groups -OCH3 is 1. The van der Waals surface area contributed by atoms with Gasteiger partial charge in [0.05, 0.1) is 12.7 Å². The molecule has 0 aromatic heterocycles. The van der Waals surface area contributed by atoms with E-state index in [1.807, 2.05) is 4.90 Å². The van der Waals surface area contributed by atoms with E-state index in [0.29, 0.717) is 13.1 Å². The van der Waals surface area contributed by atoms with E-state index in [2.05, 4.69) is 14.2 Å². The summed E-state index contributed by atoms with van der Waals surface area (Å²) in [6, 6.07) is 2.59. The number of nitrogens with zero attached hydrogens (tertiary/aromatic N) is 1. The predicted octanol–water partition coefficient (Wildman–Crippen LogP) is 0.758. The van der Waals surface area contributed by atoms with Gasteiger partial charge in [0.15, 0.2) is 6.61 Å². The van der Waals surface area contributed by atoms with Crippen molar-refractivity contribution in [2.75, 3.05) is 40.9 Å². The normalized spacial score (nSPS) is 11.8. The minimum absolute atomic E-state index is 0.266. The summed E-state index contributed by atoms with van der Waals surface area (Å²) in [6.45, 7) is 0.371. The van der Waals surface area contributed by atoms with Crippen LogP contribution in [0.2, 0.25) is 0 Å². The third kappa shape index (κ3) is 7.23. The van der Waals surface area contributed by atoms with Crippen LogP contribution in [-0.4, -0.2) is 71.6 Å². The quantitative estimate of drug-likeness (QED) is 0.349. The van der Waals surface area contributed by atoms with E-state index < -0.39 is 39.9 Å². The van der Waals surface area contributed by atoms with Crippen LogP contribution in [0.25, 0.3) is 0 Å². The monoisotopic (exact) mass is 428 g/mol. The van der Waals surface area contributed by atoms with Crippen LogP contribution in [0.3, 0.4) is 0 Å². The number of alkyl halides is 3. The summed E-state index contributed by atoms with van der Waals surface area (Å²) in [5.41, 5.74) is -6.00. The van der Waals surface area contributed by atoms with Crippen molar-refractivity contribution >= 4 is 22.0 Å². The van der Waals surface area contributed by atoms with Gasteiger partial charge in [0, 0.05) is 19.2 Å². The number of esters is 1. The Balaban J connectivity index is 2.96. The summed E-state index contributed by atoms with van der Waals surface area (Å²) < 4.78 is 73.3. The van der Waals surface area contributed by atoms with Gasteiger partial charge < -0.3 is 23.9 Å². The highest BCUT2D eigenvalue weighted by Gasteiger charge is 2.48. The number of carbonyl (C=O) groups is 2. The number of amides is 1. The Bertz CT molecular complexity index is 810. The lowest BCUT2D eigenvalue weighted by Crippen LogP contribution is -2.34. The van der Waals surface area contributed by atoms with Crippen molar-refractivity contribution in [1.29, 1.82) is 0 Å². The minimum atomic E-state index is -5.96. The lowest BCUT2D eigenvalue weighted by molar-refractivity contribution is -0.123. The summed E-state index contributed by atoms with van der Waals surface area (Å²) in [5.74, 6) is -2.60. The zero-order valence-corrected chi connectivity index (χ0v) is 16.0. The molecule has 1 aromatic rings. The summed E-state index contributed by atoms with van der Waals surface area (Å²) in [6.07, 6.45) is 0. The largest absolute Gasteiger partial charge is 0.534 e. The van der Waals surface area contributed by atoms with Crippen molar-refractivity contribution in [3.63, 3.8) is 0 Å². The highest BCUT2D eigenvalue weighted by molar-refractivity contribution is 7.88. The van der Waals surface area contributed by atoms with Gasteiger partial charge in [-0.1, -0.05) is 0 Å². The zero-order valence-electron chi connectivity index (χ0n) is 15.2. The first kappa shape index (κ1) is 23.5. The van der Waals surface area contributed by atoms with E-state index in [1.165, 1.54) is 0 Å². The number of nitrogens with one attached hydrogen (secondary N) is 1. The molecule has 0 spiro atoms. The SMILES string of the molecule is COC(=O)c1cc(OCC(=O)NCCN(C)C)cc(OS(=O)(=O)C(F)(F)F)c1. The van der Waals surface area contributed by atoms with Crippen LogP contribution in [0.5, 0.6) is 11.5 Å². The molecule has 0 radical (unpaired) electrons. The molecule has 0 heterocycles. The summed E-state index contributed by atoms with van der Waals surface area (Å²) in [7, 11) is -1.34. The molecule has 0 aliphatic heterocycles. The van der Waals surface area contributed by atoms with E-state index >= 15 is 0 Å². The van der Waals surface area contributed by atoms with E-state index in [4.69, 9.17) is 4.74 Å². The first-order chi connectivity index (χ1) is 12.9. The molecule has 1 amide bonds. The third-order valence-corrected chi connectivity index (χ3v) is 4.02. The Morgan fingerprint density at radius 3 is 2.29 bits per heavy atom. The smallest absolute Gasteiger partial charge is 0.484 e. The van der Waals surface area contributed by atoms with Crippen LogP contribution >= 0.6 is 0 Å². The number of benzene rings is 1. The van der Waals surface area contributed by atoms with Crippen LogP contribution in [0, 0.1) is 0 Å². The number of halogens is 3. The Kier molecular flexibility index (Phi) is 8.05. The predicted molar refractivity (Wildman–Crippen MR) is 90.4 cm³/mol. The molecule has 0 atom stereocenters. The molecule has 1 N–H and O–H groups in total. The lowest BCUT2D eigenvalue weighted by Gasteiger charge is -2.13. The number of hydrogen-bond acceptors (Lipinski definition) is 8. The molecule has 0 saturated carbocycles. The second-order valence-corrected chi connectivity index (χ2v) is 7.15. The van der Waals surface area contributed by atoms with Gasteiger partial charge in [-0.2, -0.15) is 21.6 Å². The fourth-order valence-electron chi connectivity index (χ4n) is 1.73. The molecular formula is C15H19F3N2O7S. The van der Waals surface area contributed by atoms with Gasteiger partial charge in [-0.25, -0.2) is 4.79 Å². The van der Waals surface area contributed by atoms with Crippen molar-refractivity contribution < 1.29 is 44.8 Å². The fourth-order valence-corrected chi connectivity index (χ4v) is 2.18. The van der Waals surface area contributed by atoms with Crippen LogP contribution in [-0.2, 0) is 19.6 Å². The molecule has 9 nitrogen and oxygen atoms in total. The van der Waals surface area contributed by atoms with Gasteiger partial charge in [-0.3, -0.25) is 4.79 Å². The Morgan fingerprint density at radius 2 is 1.75 bits per heavy atom. The van der Waals surface area contributed by atoms with Crippen molar-refractivity contribution in [3.05, 3.63) is 23.8 Å². The molecule has 13 heteroatoms. The highest BCUT2D eigenvalue weighted by Crippen LogP contribution is 2.30.